The molecule has 8 heteroatoms. The summed E-state index contributed by atoms with van der Waals surface area (Å²) in [7, 11) is 1.19. The number of carbonyl (C=O) groups excluding carboxylic acids is 3. The summed E-state index contributed by atoms with van der Waals surface area (Å²) in [4.78, 5) is 37.6. The molecule has 0 saturated heterocycles. The number of alkyl carbamates (subject to hydrolysis) is 1. The summed E-state index contributed by atoms with van der Waals surface area (Å²) in [5, 5.41) is 6.16. The molecule has 0 spiro atoms. The minimum absolute atomic E-state index is 0.157. The molecule has 0 fully saturated rings. The minimum Gasteiger partial charge on any atom is -0.453 e. The van der Waals surface area contributed by atoms with E-state index in [0.29, 0.717) is 16.1 Å². The Labute approximate surface area is 158 Å². The van der Waals surface area contributed by atoms with Gasteiger partial charge >= 0.3 is 6.09 Å². The fourth-order valence-electron chi connectivity index (χ4n) is 3.20. The van der Waals surface area contributed by atoms with Gasteiger partial charge < -0.3 is 14.5 Å². The lowest BCUT2D eigenvalue weighted by molar-refractivity contribution is 0.0937. The number of rotatable bonds is 3. The van der Waals surface area contributed by atoms with Crippen molar-refractivity contribution in [3.05, 3.63) is 52.1 Å². The lowest BCUT2D eigenvalue weighted by Gasteiger charge is -2.07. The van der Waals surface area contributed by atoms with Crippen molar-refractivity contribution in [2.24, 2.45) is 0 Å². The van der Waals surface area contributed by atoms with E-state index in [-0.39, 0.29) is 5.76 Å². The highest BCUT2D eigenvalue weighted by atomic mass is 32.1. The zero-order valence-corrected chi connectivity index (χ0v) is 15.3. The van der Waals surface area contributed by atoms with Gasteiger partial charge in [0, 0.05) is 10.3 Å². The summed E-state index contributed by atoms with van der Waals surface area (Å²) >= 11 is 1.35. The molecular weight excluding hydrogens is 368 g/mol. The number of thiophene rings is 1. The van der Waals surface area contributed by atoms with Gasteiger partial charge in [-0.15, -0.1) is 11.3 Å². The third-order valence-electron chi connectivity index (χ3n) is 4.43. The number of furan rings is 1. The van der Waals surface area contributed by atoms with E-state index in [1.807, 2.05) is 18.2 Å². The third-order valence-corrected chi connectivity index (χ3v) is 5.63. The van der Waals surface area contributed by atoms with Crippen molar-refractivity contribution in [3.8, 4) is 0 Å². The predicted octanol–water partition coefficient (Wildman–Crippen LogP) is 3.73. The molecule has 4 rings (SSSR count). The standard InChI is InChI=1S/C19H16N2O5S/c1-25-19(24)21-17(23)15-11-6-4-8-14(11)27-18(15)20-16(22)13-9-10-5-2-3-7-12(10)26-13/h2-3,5,7,9H,4,6,8H2,1H3,(H,20,22)(H,21,23,24). The van der Waals surface area contributed by atoms with Crippen LogP contribution in [0.2, 0.25) is 0 Å². The molecule has 0 bridgehead atoms. The van der Waals surface area contributed by atoms with Crippen molar-refractivity contribution in [2.75, 3.05) is 12.4 Å². The quantitative estimate of drug-likeness (QED) is 0.717. The molecule has 2 N–H and O–H groups in total. The molecule has 27 heavy (non-hydrogen) atoms. The molecule has 0 radical (unpaired) electrons. The summed E-state index contributed by atoms with van der Waals surface area (Å²) in [5.74, 6) is -0.872. The van der Waals surface area contributed by atoms with Crippen molar-refractivity contribution < 1.29 is 23.5 Å². The van der Waals surface area contributed by atoms with Gasteiger partial charge in [0.2, 0.25) is 0 Å². The lowest BCUT2D eigenvalue weighted by atomic mass is 10.1. The first kappa shape index (κ1) is 17.3. The molecule has 0 atom stereocenters. The third kappa shape index (κ3) is 3.19. The van der Waals surface area contributed by atoms with Gasteiger partial charge in [0.25, 0.3) is 11.8 Å². The maximum Gasteiger partial charge on any atom is 0.413 e. The average Bonchev–Trinajstić information content (AvgIpc) is 3.34. The molecule has 3 amide bonds. The Kier molecular flexibility index (Phi) is 4.41. The van der Waals surface area contributed by atoms with E-state index >= 15 is 0 Å². The number of fused-ring (bicyclic) bond motifs is 2. The van der Waals surface area contributed by atoms with Crippen LogP contribution in [-0.2, 0) is 17.6 Å². The highest BCUT2D eigenvalue weighted by Gasteiger charge is 2.29. The van der Waals surface area contributed by atoms with E-state index in [2.05, 4.69) is 15.4 Å². The summed E-state index contributed by atoms with van der Waals surface area (Å²) in [5.41, 5.74) is 1.81. The Balaban J connectivity index is 1.64. The lowest BCUT2D eigenvalue weighted by Crippen LogP contribution is -2.31. The molecule has 138 valence electrons. The molecule has 0 aliphatic heterocycles. The molecular formula is C19H16N2O5S. The summed E-state index contributed by atoms with van der Waals surface area (Å²) in [6.45, 7) is 0. The number of aryl methyl sites for hydroxylation is 1. The second-order valence-electron chi connectivity index (χ2n) is 6.11. The Morgan fingerprint density at radius 1 is 1.15 bits per heavy atom. The number of para-hydroxylation sites is 1. The fourth-order valence-corrected chi connectivity index (χ4v) is 4.48. The fraction of sp³-hybridized carbons (Fsp3) is 0.211. The number of amides is 3. The van der Waals surface area contributed by atoms with E-state index in [1.54, 1.807) is 12.1 Å². The number of carbonyl (C=O) groups is 3. The van der Waals surface area contributed by atoms with Gasteiger partial charge in [0.1, 0.15) is 10.6 Å². The van der Waals surface area contributed by atoms with Crippen LogP contribution >= 0.6 is 11.3 Å². The highest BCUT2D eigenvalue weighted by Crippen LogP contribution is 2.39. The topological polar surface area (TPSA) is 97.6 Å². The maximum absolute atomic E-state index is 12.6. The largest absolute Gasteiger partial charge is 0.453 e. The van der Waals surface area contributed by atoms with Crippen LogP contribution in [0.1, 0.15) is 37.8 Å². The average molecular weight is 384 g/mol. The van der Waals surface area contributed by atoms with Gasteiger partial charge in [0.05, 0.1) is 12.7 Å². The molecule has 1 aliphatic rings. The second kappa shape index (κ2) is 6.88. The van der Waals surface area contributed by atoms with Crippen LogP contribution in [0.3, 0.4) is 0 Å². The SMILES string of the molecule is COC(=O)NC(=O)c1c(NC(=O)c2cc3ccccc3o2)sc2c1CCC2. The highest BCUT2D eigenvalue weighted by molar-refractivity contribution is 7.17. The molecule has 1 aromatic carbocycles. The van der Waals surface area contributed by atoms with E-state index in [9.17, 15) is 14.4 Å². The number of nitrogens with one attached hydrogen (secondary N) is 2. The molecule has 1 aliphatic carbocycles. The van der Waals surface area contributed by atoms with Crippen molar-refractivity contribution in [3.63, 3.8) is 0 Å². The monoisotopic (exact) mass is 384 g/mol. The van der Waals surface area contributed by atoms with Gasteiger partial charge in [-0.25, -0.2) is 4.79 Å². The Morgan fingerprint density at radius 3 is 2.74 bits per heavy atom. The molecule has 2 heterocycles. The Morgan fingerprint density at radius 2 is 1.96 bits per heavy atom. The predicted molar refractivity (Wildman–Crippen MR) is 100 cm³/mol. The first-order valence-electron chi connectivity index (χ1n) is 8.40. The van der Waals surface area contributed by atoms with Gasteiger partial charge in [-0.1, -0.05) is 18.2 Å². The minimum atomic E-state index is -0.840. The molecule has 7 nitrogen and oxygen atoms in total. The summed E-state index contributed by atoms with van der Waals surface area (Å²) in [6, 6.07) is 8.97. The number of benzene rings is 1. The van der Waals surface area contributed by atoms with Gasteiger partial charge in [0.15, 0.2) is 5.76 Å². The van der Waals surface area contributed by atoms with Crippen molar-refractivity contribution in [1.29, 1.82) is 0 Å². The zero-order valence-electron chi connectivity index (χ0n) is 14.5. The molecule has 0 saturated carbocycles. The number of imide groups is 1. The number of methoxy groups -OCH3 is 1. The number of hydrogen-bond donors (Lipinski definition) is 2. The van der Waals surface area contributed by atoms with Crippen molar-refractivity contribution >= 4 is 45.2 Å². The van der Waals surface area contributed by atoms with Crippen LogP contribution in [0, 0.1) is 0 Å². The van der Waals surface area contributed by atoms with E-state index in [0.717, 1.165) is 35.1 Å². The van der Waals surface area contributed by atoms with Crippen LogP contribution < -0.4 is 10.6 Å². The van der Waals surface area contributed by atoms with E-state index in [4.69, 9.17) is 4.42 Å². The molecule has 0 unspecified atom stereocenters. The number of anilines is 1. The van der Waals surface area contributed by atoms with Crippen LogP contribution in [0.25, 0.3) is 11.0 Å². The van der Waals surface area contributed by atoms with Crippen molar-refractivity contribution in [1.82, 2.24) is 5.32 Å². The van der Waals surface area contributed by atoms with Crippen molar-refractivity contribution in [2.45, 2.75) is 19.3 Å². The van der Waals surface area contributed by atoms with E-state index < -0.39 is 17.9 Å². The molecule has 3 aromatic rings. The van der Waals surface area contributed by atoms with Gasteiger partial charge in [-0.2, -0.15) is 0 Å². The summed E-state index contributed by atoms with van der Waals surface area (Å²) < 4.78 is 10.1. The second-order valence-corrected chi connectivity index (χ2v) is 7.21. The first-order valence-corrected chi connectivity index (χ1v) is 9.22. The van der Waals surface area contributed by atoms with Gasteiger partial charge in [-0.3, -0.25) is 14.9 Å². The Bertz CT molecular complexity index is 1030. The smallest absolute Gasteiger partial charge is 0.413 e. The van der Waals surface area contributed by atoms with Crippen LogP contribution in [0.15, 0.2) is 34.7 Å². The number of ether oxygens (including phenoxy) is 1. The molecule has 2 aromatic heterocycles. The maximum atomic E-state index is 12.6. The van der Waals surface area contributed by atoms with E-state index in [1.165, 1.54) is 18.4 Å². The van der Waals surface area contributed by atoms with Crippen LogP contribution in [0.5, 0.6) is 0 Å². The normalized spacial score (nSPS) is 12.6. The van der Waals surface area contributed by atoms with Crippen LogP contribution in [0.4, 0.5) is 9.80 Å². The first-order chi connectivity index (χ1) is 13.1. The van der Waals surface area contributed by atoms with Gasteiger partial charge in [-0.05, 0) is 37.0 Å². The Hall–Kier alpha value is -3.13. The van der Waals surface area contributed by atoms with Crippen LogP contribution in [-0.4, -0.2) is 25.0 Å². The summed E-state index contributed by atoms with van der Waals surface area (Å²) in [6.07, 6.45) is 1.68. The number of hydrogen-bond acceptors (Lipinski definition) is 6. The zero-order chi connectivity index (χ0) is 19.0.